The summed E-state index contributed by atoms with van der Waals surface area (Å²) in [6.45, 7) is -0.483. The van der Waals surface area contributed by atoms with Gasteiger partial charge in [-0.25, -0.2) is 0 Å². The third-order valence-electron chi connectivity index (χ3n) is 4.86. The molecule has 3 aromatic carbocycles. The van der Waals surface area contributed by atoms with Gasteiger partial charge in [-0.1, -0.05) is 54.1 Å². The first-order valence-electron chi connectivity index (χ1n) is 10.3. The Labute approximate surface area is 207 Å². The molecule has 0 spiro atoms. The number of halogens is 1. The van der Waals surface area contributed by atoms with E-state index in [2.05, 4.69) is 40.3 Å². The van der Waals surface area contributed by atoms with Crippen molar-refractivity contribution in [3.05, 3.63) is 133 Å². The summed E-state index contributed by atoms with van der Waals surface area (Å²) < 4.78 is 12.6. The monoisotopic (exact) mass is 609 g/mol. The molecule has 0 atom stereocenters. The Morgan fingerprint density at radius 2 is 1.39 bits per heavy atom. The molecule has 0 bridgehead atoms. The van der Waals surface area contributed by atoms with Crippen LogP contribution < -0.4 is 0 Å². The van der Waals surface area contributed by atoms with E-state index in [1.165, 1.54) is 11.1 Å². The summed E-state index contributed by atoms with van der Waals surface area (Å²) in [6, 6.07) is 39.4. The van der Waals surface area contributed by atoms with Crippen LogP contribution in [0.15, 0.2) is 116 Å². The third-order valence-corrected chi connectivity index (χ3v) is 4.86. The van der Waals surface area contributed by atoms with Gasteiger partial charge < -0.3 is 9.97 Å². The molecule has 5 rings (SSSR count). The second-order valence-corrected chi connectivity index (χ2v) is 6.99. The molecule has 0 aliphatic carbocycles. The minimum Gasteiger partial charge on any atom is -0.305 e. The van der Waals surface area contributed by atoms with E-state index < -0.39 is 6.67 Å². The molecular formula is C29H21FIrN2-2. The second-order valence-electron chi connectivity index (χ2n) is 6.99. The molecule has 2 nitrogen and oxygen atoms in total. The van der Waals surface area contributed by atoms with E-state index in [1.807, 2.05) is 72.9 Å². The molecule has 0 aliphatic rings. The zero-order valence-corrected chi connectivity index (χ0v) is 20.2. The number of hydrogen-bond donors (Lipinski definition) is 0. The molecule has 0 N–H and O–H groups in total. The minimum absolute atomic E-state index is 0. The molecule has 2 aromatic heterocycles. The SMILES string of the molecule is FCc1ccc[c-]c1-c1ccccn1.[Ir].[c-]1ccccc1-c1cc(-c2ccccc2)ccn1. The van der Waals surface area contributed by atoms with Crippen molar-refractivity contribution in [1.82, 2.24) is 9.97 Å². The first-order chi connectivity index (χ1) is 15.8. The van der Waals surface area contributed by atoms with Crippen molar-refractivity contribution in [3.63, 3.8) is 0 Å². The Bertz CT molecular complexity index is 1190. The van der Waals surface area contributed by atoms with Crippen molar-refractivity contribution in [2.75, 3.05) is 0 Å². The molecule has 0 saturated heterocycles. The Kier molecular flexibility index (Phi) is 9.19. The third kappa shape index (κ3) is 6.52. The van der Waals surface area contributed by atoms with Crippen molar-refractivity contribution in [2.24, 2.45) is 0 Å². The quantitative estimate of drug-likeness (QED) is 0.201. The Morgan fingerprint density at radius 1 is 0.636 bits per heavy atom. The fourth-order valence-electron chi connectivity index (χ4n) is 3.27. The molecule has 33 heavy (non-hydrogen) atoms. The van der Waals surface area contributed by atoms with Gasteiger partial charge in [-0.2, -0.15) is 0 Å². The Balaban J connectivity index is 0.000000186. The van der Waals surface area contributed by atoms with Crippen molar-refractivity contribution in [1.29, 1.82) is 0 Å². The maximum absolute atomic E-state index is 12.6. The number of benzene rings is 3. The number of alkyl halides is 1. The predicted octanol–water partition coefficient (Wildman–Crippen LogP) is 7.23. The molecule has 165 valence electrons. The van der Waals surface area contributed by atoms with Crippen LogP contribution >= 0.6 is 0 Å². The van der Waals surface area contributed by atoms with Gasteiger partial charge in [-0.15, -0.1) is 65.7 Å². The topological polar surface area (TPSA) is 25.8 Å². The average molecular weight is 609 g/mol. The van der Waals surface area contributed by atoms with Crippen LogP contribution in [-0.4, -0.2) is 9.97 Å². The van der Waals surface area contributed by atoms with E-state index in [1.54, 1.807) is 24.4 Å². The van der Waals surface area contributed by atoms with E-state index in [0.717, 1.165) is 22.5 Å². The van der Waals surface area contributed by atoms with E-state index in [-0.39, 0.29) is 20.1 Å². The smallest absolute Gasteiger partial charge is 0.0813 e. The summed E-state index contributed by atoms with van der Waals surface area (Å²) >= 11 is 0. The van der Waals surface area contributed by atoms with Gasteiger partial charge in [0.05, 0.1) is 6.67 Å². The number of rotatable bonds is 4. The van der Waals surface area contributed by atoms with Crippen molar-refractivity contribution in [2.45, 2.75) is 6.67 Å². The second kappa shape index (κ2) is 12.5. The number of pyridine rings is 2. The summed E-state index contributed by atoms with van der Waals surface area (Å²) in [6.07, 6.45) is 3.54. The summed E-state index contributed by atoms with van der Waals surface area (Å²) in [7, 11) is 0. The fraction of sp³-hybridized carbons (Fsp3) is 0.0345. The molecule has 1 radical (unpaired) electrons. The van der Waals surface area contributed by atoms with Gasteiger partial charge >= 0.3 is 0 Å². The van der Waals surface area contributed by atoms with E-state index in [0.29, 0.717) is 5.56 Å². The van der Waals surface area contributed by atoms with Crippen molar-refractivity contribution in [3.8, 4) is 33.6 Å². The zero-order valence-electron chi connectivity index (χ0n) is 17.8. The van der Waals surface area contributed by atoms with Gasteiger partial charge in [-0.3, -0.25) is 4.39 Å². The number of aromatic nitrogens is 2. The molecule has 0 unspecified atom stereocenters. The fourth-order valence-corrected chi connectivity index (χ4v) is 3.27. The van der Waals surface area contributed by atoms with Gasteiger partial charge in [0.25, 0.3) is 0 Å². The zero-order chi connectivity index (χ0) is 22.0. The average Bonchev–Trinajstić information content (AvgIpc) is 2.91. The maximum Gasteiger partial charge on any atom is 0.0813 e. The van der Waals surface area contributed by atoms with Gasteiger partial charge in [0, 0.05) is 32.5 Å². The molecular weight excluding hydrogens is 588 g/mol. The number of hydrogen-bond acceptors (Lipinski definition) is 2. The van der Waals surface area contributed by atoms with E-state index in [9.17, 15) is 4.39 Å². The molecule has 0 aliphatic heterocycles. The Morgan fingerprint density at radius 3 is 2.12 bits per heavy atom. The largest absolute Gasteiger partial charge is 0.305 e. The summed E-state index contributed by atoms with van der Waals surface area (Å²) in [5.41, 5.74) is 6.50. The van der Waals surface area contributed by atoms with Crippen LogP contribution in [0.25, 0.3) is 33.6 Å². The molecule has 2 heterocycles. The van der Waals surface area contributed by atoms with Gasteiger partial charge in [0.15, 0.2) is 0 Å². The molecule has 0 amide bonds. The van der Waals surface area contributed by atoms with Gasteiger partial charge in [0.1, 0.15) is 0 Å². The first kappa shape index (κ1) is 24.2. The van der Waals surface area contributed by atoms with Crippen LogP contribution in [0, 0.1) is 12.1 Å². The van der Waals surface area contributed by atoms with Crippen molar-refractivity contribution < 1.29 is 24.5 Å². The molecule has 0 fully saturated rings. The van der Waals surface area contributed by atoms with E-state index in [4.69, 9.17) is 0 Å². The number of nitrogens with zero attached hydrogens (tertiary/aromatic N) is 2. The van der Waals surface area contributed by atoms with Crippen LogP contribution in [-0.2, 0) is 26.8 Å². The molecule has 5 aromatic rings. The van der Waals surface area contributed by atoms with Crippen LogP contribution in [0.3, 0.4) is 0 Å². The normalized spacial score (nSPS) is 9.85. The van der Waals surface area contributed by atoms with Crippen LogP contribution in [0.5, 0.6) is 0 Å². The minimum atomic E-state index is -0.483. The summed E-state index contributed by atoms with van der Waals surface area (Å²) in [5, 5.41) is 0. The van der Waals surface area contributed by atoms with Crippen LogP contribution in [0.1, 0.15) is 5.56 Å². The summed E-state index contributed by atoms with van der Waals surface area (Å²) in [5.74, 6) is 0. The van der Waals surface area contributed by atoms with Gasteiger partial charge in [-0.05, 0) is 34.6 Å². The molecule has 0 saturated carbocycles. The van der Waals surface area contributed by atoms with Gasteiger partial charge in [0.2, 0.25) is 0 Å². The summed E-state index contributed by atoms with van der Waals surface area (Å²) in [4.78, 5) is 8.56. The molecule has 4 heteroatoms. The van der Waals surface area contributed by atoms with Crippen molar-refractivity contribution >= 4 is 0 Å². The Hall–Kier alpha value is -3.46. The predicted molar refractivity (Wildman–Crippen MR) is 127 cm³/mol. The maximum atomic E-state index is 12.6. The van der Waals surface area contributed by atoms with E-state index >= 15 is 0 Å². The standard InChI is InChI=1S/C17H12N.C12H9FN.Ir/c1-3-7-14(8-4-1)16-11-12-18-17(13-16)15-9-5-2-6-10-15;13-9-10-5-1-2-6-11(10)12-7-3-4-8-14-12;/h1-9,11-13H;1-5,7-8H,9H2;/q2*-1;. The first-order valence-corrected chi connectivity index (χ1v) is 10.3. The van der Waals surface area contributed by atoms with Crippen LogP contribution in [0.4, 0.5) is 4.39 Å². The van der Waals surface area contributed by atoms with Crippen LogP contribution in [0.2, 0.25) is 0 Å².